The lowest BCUT2D eigenvalue weighted by Crippen LogP contribution is -2.46. The van der Waals surface area contributed by atoms with Crippen molar-refractivity contribution in [2.75, 3.05) is 0 Å². The van der Waals surface area contributed by atoms with Crippen LogP contribution >= 0.6 is 0 Å². The Balaban J connectivity index is 4.44. The van der Waals surface area contributed by atoms with E-state index in [-0.39, 0.29) is 5.60 Å². The summed E-state index contributed by atoms with van der Waals surface area (Å²) in [5, 5.41) is 0.320. The summed E-state index contributed by atoms with van der Waals surface area (Å²) in [5.74, 6) is 0. The van der Waals surface area contributed by atoms with Gasteiger partial charge >= 0.3 is 0 Å². The molecule has 0 N–H and O–H groups in total. The van der Waals surface area contributed by atoms with Gasteiger partial charge in [0.05, 0.1) is 0 Å². The lowest BCUT2D eigenvalue weighted by Gasteiger charge is -2.41. The molecule has 1 nitrogen and oxygen atoms in total. The van der Waals surface area contributed by atoms with Crippen LogP contribution in [0.5, 0.6) is 0 Å². The van der Waals surface area contributed by atoms with Gasteiger partial charge in [-0.2, -0.15) is 0 Å². The van der Waals surface area contributed by atoms with Crippen molar-refractivity contribution in [1.82, 2.24) is 0 Å². The smallest absolute Gasteiger partial charge is 0.192 e. The second-order valence-corrected chi connectivity index (χ2v) is 10.7. The van der Waals surface area contributed by atoms with Gasteiger partial charge in [0.1, 0.15) is 0 Å². The molecule has 0 radical (unpaired) electrons. The fourth-order valence-electron chi connectivity index (χ4n) is 0.919. The molecule has 0 fully saturated rings. The third-order valence-electron chi connectivity index (χ3n) is 2.37. The van der Waals surface area contributed by atoms with E-state index in [1.807, 2.05) is 0 Å². The van der Waals surface area contributed by atoms with Gasteiger partial charge in [0, 0.05) is 5.60 Å². The van der Waals surface area contributed by atoms with Crippen molar-refractivity contribution in [2.45, 2.75) is 65.3 Å². The largest absolute Gasteiger partial charge is 0.412 e. The minimum Gasteiger partial charge on any atom is -0.412 e. The monoisotopic (exact) mass is 188 g/mol. The lowest BCUT2D eigenvalue weighted by atomic mass is 10.2. The highest BCUT2D eigenvalue weighted by molar-refractivity contribution is 6.74. The molecule has 12 heavy (non-hydrogen) atoms. The Morgan fingerprint density at radius 1 is 0.833 bits per heavy atom. The Labute approximate surface area is 78.6 Å². The molecule has 0 aromatic heterocycles. The highest BCUT2D eigenvalue weighted by Gasteiger charge is 2.39. The predicted octanol–water partition coefficient (Wildman–Crippen LogP) is 3.81. The highest BCUT2D eigenvalue weighted by atomic mass is 28.4. The molecule has 0 rings (SSSR count). The van der Waals surface area contributed by atoms with Crippen LogP contribution in [0.1, 0.15) is 41.5 Å². The third-order valence-corrected chi connectivity index (χ3v) is 7.10. The first kappa shape index (κ1) is 12.2. The molecule has 0 aliphatic rings. The van der Waals surface area contributed by atoms with E-state index in [9.17, 15) is 0 Å². The zero-order chi connectivity index (χ0) is 10.2. The summed E-state index contributed by atoms with van der Waals surface area (Å²) in [5.41, 5.74) is 0.00298. The van der Waals surface area contributed by atoms with Crippen LogP contribution in [0, 0.1) is 0 Å². The van der Waals surface area contributed by atoms with Crippen LogP contribution < -0.4 is 0 Å². The molecular weight excluding hydrogens is 164 g/mol. The summed E-state index contributed by atoms with van der Waals surface area (Å²) < 4.78 is 6.13. The molecule has 0 saturated heterocycles. The Bertz CT molecular complexity index is 148. The highest BCUT2D eigenvalue weighted by Crippen LogP contribution is 2.38. The topological polar surface area (TPSA) is 9.23 Å². The van der Waals surface area contributed by atoms with E-state index in [2.05, 4.69) is 54.6 Å². The van der Waals surface area contributed by atoms with E-state index in [4.69, 9.17) is 4.43 Å². The van der Waals surface area contributed by atoms with Gasteiger partial charge in [-0.1, -0.05) is 20.8 Å². The Kier molecular flexibility index (Phi) is 3.19. The molecule has 0 aliphatic heterocycles. The number of rotatable bonds is 1. The van der Waals surface area contributed by atoms with Crippen LogP contribution in [0.25, 0.3) is 0 Å². The van der Waals surface area contributed by atoms with Gasteiger partial charge in [-0.05, 0) is 38.9 Å². The second kappa shape index (κ2) is 3.15. The molecule has 0 aromatic rings. The Morgan fingerprint density at radius 3 is 1.25 bits per heavy atom. The fraction of sp³-hybridized carbons (Fsp3) is 1.00. The minimum atomic E-state index is -1.54. The fourth-order valence-corrected chi connectivity index (χ4v) is 2.76. The van der Waals surface area contributed by atoms with E-state index in [1.165, 1.54) is 0 Å². The van der Waals surface area contributed by atoms with Crippen LogP contribution in [0.2, 0.25) is 18.1 Å². The first-order valence-electron chi connectivity index (χ1n) is 4.66. The third kappa shape index (κ3) is 3.72. The van der Waals surface area contributed by atoms with Gasteiger partial charge in [-0.25, -0.2) is 0 Å². The average molecular weight is 188 g/mol. The normalized spacial score (nSPS) is 15.0. The maximum atomic E-state index is 6.13. The molecule has 0 saturated carbocycles. The molecule has 0 aliphatic carbocycles. The zero-order valence-corrected chi connectivity index (χ0v) is 10.9. The van der Waals surface area contributed by atoms with Crippen molar-refractivity contribution in [3.8, 4) is 0 Å². The van der Waals surface area contributed by atoms with Crippen LogP contribution in [-0.4, -0.2) is 13.9 Å². The summed E-state index contributed by atoms with van der Waals surface area (Å²) in [6, 6.07) is 0. The van der Waals surface area contributed by atoms with Crippen molar-refractivity contribution in [1.29, 1.82) is 0 Å². The molecule has 0 amide bonds. The van der Waals surface area contributed by atoms with Gasteiger partial charge in [0.25, 0.3) is 0 Å². The number of hydrogen-bond donors (Lipinski definition) is 0. The summed E-state index contributed by atoms with van der Waals surface area (Å²) in [6.45, 7) is 17.8. The van der Waals surface area contributed by atoms with Crippen molar-refractivity contribution < 1.29 is 4.43 Å². The summed E-state index contributed by atoms with van der Waals surface area (Å²) in [7, 11) is -1.54. The lowest BCUT2D eigenvalue weighted by molar-refractivity contribution is 0.112. The predicted molar refractivity (Wildman–Crippen MR) is 58.0 cm³/mol. The molecule has 0 heterocycles. The summed E-state index contributed by atoms with van der Waals surface area (Å²) in [6.07, 6.45) is 0. The van der Waals surface area contributed by atoms with E-state index in [0.29, 0.717) is 5.04 Å². The molecule has 0 aromatic carbocycles. The first-order valence-corrected chi connectivity index (χ1v) is 7.57. The van der Waals surface area contributed by atoms with Crippen molar-refractivity contribution in [3.63, 3.8) is 0 Å². The van der Waals surface area contributed by atoms with E-state index >= 15 is 0 Å². The SMILES string of the molecule is CC(C)(C)O[Si](C)(C)C(C)(C)C. The minimum absolute atomic E-state index is 0.00298. The van der Waals surface area contributed by atoms with E-state index < -0.39 is 8.32 Å². The maximum Gasteiger partial charge on any atom is 0.192 e. The van der Waals surface area contributed by atoms with Crippen molar-refractivity contribution in [3.05, 3.63) is 0 Å². The quantitative estimate of drug-likeness (QED) is 0.569. The second-order valence-electron chi connectivity index (χ2n) is 5.97. The van der Waals surface area contributed by atoms with Gasteiger partial charge in [-0.3, -0.25) is 0 Å². The van der Waals surface area contributed by atoms with Crippen LogP contribution in [0.15, 0.2) is 0 Å². The molecule has 2 heteroatoms. The molecule has 0 spiro atoms. The van der Waals surface area contributed by atoms with Gasteiger partial charge < -0.3 is 4.43 Å². The number of hydrogen-bond acceptors (Lipinski definition) is 1. The summed E-state index contributed by atoms with van der Waals surface area (Å²) >= 11 is 0. The first-order chi connectivity index (χ1) is 4.96. The van der Waals surface area contributed by atoms with E-state index in [1.54, 1.807) is 0 Å². The maximum absolute atomic E-state index is 6.13. The molecule has 0 unspecified atom stereocenters. The summed E-state index contributed by atoms with van der Waals surface area (Å²) in [4.78, 5) is 0. The molecular formula is C10H24OSi. The standard InChI is InChI=1S/C10H24OSi/c1-9(2,3)11-12(7,8)10(4,5)6/h1-8H3. The zero-order valence-electron chi connectivity index (χ0n) is 9.91. The van der Waals surface area contributed by atoms with Crippen molar-refractivity contribution in [2.24, 2.45) is 0 Å². The molecule has 0 atom stereocenters. The van der Waals surface area contributed by atoms with Crippen LogP contribution in [0.3, 0.4) is 0 Å². The Morgan fingerprint density at radius 2 is 1.17 bits per heavy atom. The van der Waals surface area contributed by atoms with Crippen molar-refractivity contribution >= 4 is 8.32 Å². The van der Waals surface area contributed by atoms with Crippen LogP contribution in [-0.2, 0) is 4.43 Å². The van der Waals surface area contributed by atoms with E-state index in [0.717, 1.165) is 0 Å². The van der Waals surface area contributed by atoms with Crippen LogP contribution in [0.4, 0.5) is 0 Å². The van der Waals surface area contributed by atoms with Gasteiger partial charge in [0.15, 0.2) is 8.32 Å². The van der Waals surface area contributed by atoms with Gasteiger partial charge in [-0.15, -0.1) is 0 Å². The molecule has 74 valence electrons. The average Bonchev–Trinajstić information content (AvgIpc) is 1.52. The molecule has 0 bridgehead atoms. The Hall–Kier alpha value is 0.177. The van der Waals surface area contributed by atoms with Gasteiger partial charge in [0.2, 0.25) is 0 Å².